The molecule has 0 saturated heterocycles. The lowest BCUT2D eigenvalue weighted by molar-refractivity contribution is 0.591. The number of rotatable bonds is 5. The Hall–Kier alpha value is -1.17. The summed E-state index contributed by atoms with van der Waals surface area (Å²) in [4.78, 5) is 0. The fourth-order valence-electron chi connectivity index (χ4n) is 1.86. The Morgan fingerprint density at radius 1 is 1.21 bits per heavy atom. The van der Waals surface area contributed by atoms with E-state index in [0.717, 1.165) is 12.0 Å². The molecule has 2 N–H and O–H groups in total. The van der Waals surface area contributed by atoms with Gasteiger partial charge >= 0.3 is 0 Å². The van der Waals surface area contributed by atoms with Crippen molar-refractivity contribution in [3.8, 4) is 0 Å². The van der Waals surface area contributed by atoms with Crippen LogP contribution >= 0.6 is 11.3 Å². The number of nitrogens with two attached hydrogens (primary N) is 1. The van der Waals surface area contributed by atoms with Gasteiger partial charge in [0.25, 0.3) is 0 Å². The second-order valence-electron chi connectivity index (χ2n) is 4.42. The van der Waals surface area contributed by atoms with E-state index in [0.29, 0.717) is 4.21 Å². The minimum Gasteiger partial charge on any atom is -0.323 e. The third kappa shape index (κ3) is 3.43. The molecule has 102 valence electrons. The fraction of sp³-hybridized carbons (Fsp3) is 0.286. The zero-order valence-electron chi connectivity index (χ0n) is 10.7. The molecule has 0 saturated carbocycles. The molecule has 0 bridgehead atoms. The molecule has 1 atom stereocenters. The molecule has 0 aliphatic carbocycles. The average Bonchev–Trinajstić information content (AvgIpc) is 2.93. The first-order chi connectivity index (χ1) is 9.03. The molecule has 19 heavy (non-hydrogen) atoms. The van der Waals surface area contributed by atoms with Gasteiger partial charge in [-0.25, -0.2) is 8.42 Å². The van der Waals surface area contributed by atoms with Gasteiger partial charge < -0.3 is 5.73 Å². The largest absolute Gasteiger partial charge is 0.323 e. The molecule has 0 aliphatic heterocycles. The summed E-state index contributed by atoms with van der Waals surface area (Å²) in [5, 5.41) is 1.76. The van der Waals surface area contributed by atoms with Gasteiger partial charge in [-0.1, -0.05) is 37.3 Å². The van der Waals surface area contributed by atoms with E-state index in [1.807, 2.05) is 24.3 Å². The van der Waals surface area contributed by atoms with Gasteiger partial charge in [-0.05, 0) is 29.0 Å². The van der Waals surface area contributed by atoms with Crippen molar-refractivity contribution in [3.63, 3.8) is 0 Å². The fourth-order valence-corrected chi connectivity index (χ4v) is 4.38. The highest BCUT2D eigenvalue weighted by Gasteiger charge is 2.20. The zero-order valence-corrected chi connectivity index (χ0v) is 12.4. The summed E-state index contributed by atoms with van der Waals surface area (Å²) in [7, 11) is -3.29. The van der Waals surface area contributed by atoms with E-state index in [2.05, 4.69) is 6.92 Å². The van der Waals surface area contributed by atoms with Crippen LogP contribution in [-0.4, -0.2) is 14.2 Å². The van der Waals surface area contributed by atoms with Gasteiger partial charge in [-0.3, -0.25) is 0 Å². The van der Waals surface area contributed by atoms with Crippen molar-refractivity contribution < 1.29 is 8.42 Å². The van der Waals surface area contributed by atoms with Crippen LogP contribution < -0.4 is 5.73 Å². The molecular formula is C14H17NO2S2. The maximum atomic E-state index is 12.1. The summed E-state index contributed by atoms with van der Waals surface area (Å²) in [5.74, 6) is -0.0566. The van der Waals surface area contributed by atoms with Crippen LogP contribution in [-0.2, 0) is 16.3 Å². The van der Waals surface area contributed by atoms with E-state index in [-0.39, 0.29) is 5.75 Å². The zero-order chi connectivity index (χ0) is 13.9. The van der Waals surface area contributed by atoms with Crippen LogP contribution in [0.4, 0.5) is 0 Å². The van der Waals surface area contributed by atoms with E-state index in [4.69, 9.17) is 5.73 Å². The molecular weight excluding hydrogens is 278 g/mol. The molecule has 1 aromatic carbocycles. The van der Waals surface area contributed by atoms with Crippen molar-refractivity contribution in [2.24, 2.45) is 5.73 Å². The Morgan fingerprint density at radius 3 is 2.42 bits per heavy atom. The molecule has 1 unspecified atom stereocenters. The minimum absolute atomic E-state index is 0.0566. The van der Waals surface area contributed by atoms with E-state index >= 15 is 0 Å². The smallest absolute Gasteiger partial charge is 0.189 e. The SMILES string of the molecule is CCc1ccc(C(N)CS(=O)(=O)c2cccs2)cc1. The first kappa shape index (κ1) is 14.2. The Kier molecular flexibility index (Phi) is 4.39. The molecule has 0 fully saturated rings. The Labute approximate surface area is 118 Å². The quantitative estimate of drug-likeness (QED) is 0.922. The van der Waals surface area contributed by atoms with Gasteiger partial charge in [0, 0.05) is 6.04 Å². The van der Waals surface area contributed by atoms with Crippen LogP contribution in [0.15, 0.2) is 46.0 Å². The van der Waals surface area contributed by atoms with Crippen molar-refractivity contribution in [1.29, 1.82) is 0 Å². The van der Waals surface area contributed by atoms with Crippen molar-refractivity contribution in [3.05, 3.63) is 52.9 Å². The molecule has 0 radical (unpaired) electrons. The summed E-state index contributed by atoms with van der Waals surface area (Å²) >= 11 is 1.23. The summed E-state index contributed by atoms with van der Waals surface area (Å²) in [6.07, 6.45) is 0.961. The highest BCUT2D eigenvalue weighted by molar-refractivity contribution is 7.93. The lowest BCUT2D eigenvalue weighted by atomic mass is 10.1. The van der Waals surface area contributed by atoms with E-state index in [9.17, 15) is 8.42 Å². The van der Waals surface area contributed by atoms with Crippen LogP contribution in [0.2, 0.25) is 0 Å². The molecule has 0 spiro atoms. The van der Waals surface area contributed by atoms with Gasteiger partial charge in [-0.2, -0.15) is 0 Å². The van der Waals surface area contributed by atoms with E-state index in [1.165, 1.54) is 16.9 Å². The van der Waals surface area contributed by atoms with Crippen molar-refractivity contribution in [2.45, 2.75) is 23.6 Å². The van der Waals surface area contributed by atoms with Crippen LogP contribution in [0.3, 0.4) is 0 Å². The van der Waals surface area contributed by atoms with Gasteiger partial charge in [0.05, 0.1) is 5.75 Å². The van der Waals surface area contributed by atoms with E-state index < -0.39 is 15.9 Å². The van der Waals surface area contributed by atoms with Gasteiger partial charge in [-0.15, -0.1) is 11.3 Å². The number of hydrogen-bond acceptors (Lipinski definition) is 4. The van der Waals surface area contributed by atoms with Crippen LogP contribution in [0, 0.1) is 0 Å². The summed E-state index contributed by atoms with van der Waals surface area (Å²) in [5.41, 5.74) is 8.08. The Morgan fingerprint density at radius 2 is 1.89 bits per heavy atom. The maximum absolute atomic E-state index is 12.1. The van der Waals surface area contributed by atoms with Crippen LogP contribution in [0.5, 0.6) is 0 Å². The van der Waals surface area contributed by atoms with Crippen LogP contribution in [0.1, 0.15) is 24.1 Å². The Bertz CT molecular complexity index is 616. The molecule has 2 aromatic rings. The number of thiophene rings is 1. The maximum Gasteiger partial charge on any atom is 0.189 e. The number of benzene rings is 1. The number of hydrogen-bond donors (Lipinski definition) is 1. The third-order valence-electron chi connectivity index (χ3n) is 3.02. The van der Waals surface area contributed by atoms with Gasteiger partial charge in [0.1, 0.15) is 4.21 Å². The lowest BCUT2D eigenvalue weighted by Gasteiger charge is -2.12. The average molecular weight is 295 g/mol. The monoisotopic (exact) mass is 295 g/mol. The number of aryl methyl sites for hydroxylation is 1. The summed E-state index contributed by atoms with van der Waals surface area (Å²) in [6.45, 7) is 2.08. The third-order valence-corrected chi connectivity index (χ3v) is 6.28. The standard InChI is InChI=1S/C14H17NO2S2/c1-2-11-5-7-12(8-6-11)13(15)10-19(16,17)14-4-3-9-18-14/h3-9,13H,2,10,15H2,1H3. The lowest BCUT2D eigenvalue weighted by Crippen LogP contribution is -2.21. The van der Waals surface area contributed by atoms with Crippen molar-refractivity contribution >= 4 is 21.2 Å². The second kappa shape index (κ2) is 5.86. The predicted octanol–water partition coefficient (Wildman–Crippen LogP) is 2.78. The molecule has 2 rings (SSSR count). The topological polar surface area (TPSA) is 60.2 Å². The Balaban J connectivity index is 2.14. The first-order valence-corrected chi connectivity index (χ1v) is 8.67. The van der Waals surface area contributed by atoms with Gasteiger partial charge in [0.2, 0.25) is 0 Å². The molecule has 0 aliphatic rings. The van der Waals surface area contributed by atoms with Crippen molar-refractivity contribution in [2.75, 3.05) is 5.75 Å². The normalized spacial score (nSPS) is 13.4. The summed E-state index contributed by atoms with van der Waals surface area (Å²) in [6, 6.07) is 10.7. The highest BCUT2D eigenvalue weighted by Crippen LogP contribution is 2.22. The van der Waals surface area contributed by atoms with Crippen molar-refractivity contribution in [1.82, 2.24) is 0 Å². The van der Waals surface area contributed by atoms with Crippen LogP contribution in [0.25, 0.3) is 0 Å². The minimum atomic E-state index is -3.29. The first-order valence-electron chi connectivity index (χ1n) is 6.13. The molecule has 0 amide bonds. The van der Waals surface area contributed by atoms with Gasteiger partial charge in [0.15, 0.2) is 9.84 Å². The predicted molar refractivity (Wildman–Crippen MR) is 79.1 cm³/mol. The molecule has 1 heterocycles. The van der Waals surface area contributed by atoms with E-state index in [1.54, 1.807) is 17.5 Å². The summed E-state index contributed by atoms with van der Waals surface area (Å²) < 4.78 is 24.6. The molecule has 3 nitrogen and oxygen atoms in total. The molecule has 1 aromatic heterocycles. The molecule has 5 heteroatoms. The number of sulfone groups is 1. The highest BCUT2D eigenvalue weighted by atomic mass is 32.2. The second-order valence-corrected chi connectivity index (χ2v) is 7.62.